The number of carbonyl (C=O) groups is 2. The molecule has 0 atom stereocenters. The fourth-order valence-corrected chi connectivity index (χ4v) is 2.88. The maximum Gasteiger partial charge on any atom is 0.256 e. The van der Waals surface area contributed by atoms with E-state index in [1.165, 1.54) is 4.90 Å². The Morgan fingerprint density at radius 3 is 2.60 bits per heavy atom. The van der Waals surface area contributed by atoms with Crippen molar-refractivity contribution in [2.45, 2.75) is 13.3 Å². The first kappa shape index (κ1) is 16.8. The third-order valence-corrected chi connectivity index (χ3v) is 4.22. The number of nitrogens with one attached hydrogen (secondary N) is 2. The summed E-state index contributed by atoms with van der Waals surface area (Å²) in [7, 11) is 1.63. The molecule has 0 aliphatic carbocycles. The summed E-state index contributed by atoms with van der Waals surface area (Å²) in [5.41, 5.74) is 3.34. The second-order valence-corrected chi connectivity index (χ2v) is 5.97. The Balaban J connectivity index is 1.70. The second kappa shape index (κ2) is 7.21. The van der Waals surface area contributed by atoms with Gasteiger partial charge in [0.05, 0.1) is 12.1 Å². The van der Waals surface area contributed by atoms with E-state index >= 15 is 0 Å². The van der Waals surface area contributed by atoms with E-state index in [9.17, 15) is 9.59 Å². The highest BCUT2D eigenvalue weighted by Gasteiger charge is 2.18. The molecule has 2 N–H and O–H groups in total. The number of aryl methyl sites for hydroxylation is 1. The third-order valence-electron chi connectivity index (χ3n) is 4.22. The number of rotatable bonds is 5. The SMILES string of the molecule is CCc1ccccc1NC(=O)CN(C)C(=O)c1c[nH]c2ccccc12. The van der Waals surface area contributed by atoms with Crippen molar-refractivity contribution in [1.82, 2.24) is 9.88 Å². The first-order valence-corrected chi connectivity index (χ1v) is 8.29. The van der Waals surface area contributed by atoms with E-state index in [4.69, 9.17) is 0 Å². The smallest absolute Gasteiger partial charge is 0.256 e. The summed E-state index contributed by atoms with van der Waals surface area (Å²) in [6, 6.07) is 15.3. The van der Waals surface area contributed by atoms with Crippen LogP contribution in [-0.2, 0) is 11.2 Å². The Labute approximate surface area is 146 Å². The lowest BCUT2D eigenvalue weighted by Crippen LogP contribution is -2.35. The van der Waals surface area contributed by atoms with Gasteiger partial charge in [-0.2, -0.15) is 0 Å². The van der Waals surface area contributed by atoms with Crippen LogP contribution in [-0.4, -0.2) is 35.3 Å². The molecule has 0 fully saturated rings. The van der Waals surface area contributed by atoms with Crippen molar-refractivity contribution in [2.24, 2.45) is 0 Å². The molecule has 3 rings (SSSR count). The van der Waals surface area contributed by atoms with Crippen molar-refractivity contribution in [3.05, 3.63) is 65.9 Å². The quantitative estimate of drug-likeness (QED) is 0.750. The van der Waals surface area contributed by atoms with Crippen molar-refractivity contribution in [1.29, 1.82) is 0 Å². The van der Waals surface area contributed by atoms with Crippen LogP contribution in [0.15, 0.2) is 54.7 Å². The molecule has 0 radical (unpaired) electrons. The van der Waals surface area contributed by atoms with E-state index in [0.717, 1.165) is 28.6 Å². The number of likely N-dealkylation sites (N-methyl/N-ethyl adjacent to an activating group) is 1. The normalized spacial score (nSPS) is 10.6. The number of anilines is 1. The van der Waals surface area contributed by atoms with Crippen LogP contribution in [0.1, 0.15) is 22.8 Å². The first-order chi connectivity index (χ1) is 12.1. The van der Waals surface area contributed by atoms with Gasteiger partial charge >= 0.3 is 0 Å². The van der Waals surface area contributed by atoms with Crippen molar-refractivity contribution < 1.29 is 9.59 Å². The fraction of sp³-hybridized carbons (Fsp3) is 0.200. The van der Waals surface area contributed by atoms with Gasteiger partial charge in [-0.15, -0.1) is 0 Å². The summed E-state index contributed by atoms with van der Waals surface area (Å²) in [5.74, 6) is -0.395. The fourth-order valence-electron chi connectivity index (χ4n) is 2.88. The van der Waals surface area contributed by atoms with Gasteiger partial charge in [-0.1, -0.05) is 43.3 Å². The van der Waals surface area contributed by atoms with Gasteiger partial charge in [0.15, 0.2) is 0 Å². The highest BCUT2D eigenvalue weighted by molar-refractivity contribution is 6.08. The molecule has 1 heterocycles. The van der Waals surface area contributed by atoms with Gasteiger partial charge in [0, 0.05) is 29.8 Å². The lowest BCUT2D eigenvalue weighted by atomic mass is 10.1. The van der Waals surface area contributed by atoms with Gasteiger partial charge in [0.1, 0.15) is 0 Å². The van der Waals surface area contributed by atoms with Crippen LogP contribution in [0.25, 0.3) is 10.9 Å². The van der Waals surface area contributed by atoms with Gasteiger partial charge in [-0.25, -0.2) is 0 Å². The zero-order valence-electron chi connectivity index (χ0n) is 14.4. The number of hydrogen-bond donors (Lipinski definition) is 2. The van der Waals surface area contributed by atoms with Crippen LogP contribution in [0.4, 0.5) is 5.69 Å². The van der Waals surface area contributed by atoms with Crippen molar-refractivity contribution in [3.63, 3.8) is 0 Å². The Morgan fingerprint density at radius 2 is 1.80 bits per heavy atom. The van der Waals surface area contributed by atoms with Gasteiger partial charge in [0.25, 0.3) is 5.91 Å². The number of hydrogen-bond acceptors (Lipinski definition) is 2. The highest BCUT2D eigenvalue weighted by Crippen LogP contribution is 2.19. The molecule has 0 bridgehead atoms. The molecule has 0 saturated heterocycles. The minimum atomic E-state index is -0.211. The zero-order chi connectivity index (χ0) is 17.8. The number of para-hydroxylation sites is 2. The van der Waals surface area contributed by atoms with Crippen LogP contribution in [0, 0.1) is 0 Å². The average molecular weight is 335 g/mol. The molecule has 2 amide bonds. The Hall–Kier alpha value is -3.08. The molecular formula is C20H21N3O2. The minimum Gasteiger partial charge on any atom is -0.360 e. The van der Waals surface area contributed by atoms with Crippen LogP contribution >= 0.6 is 0 Å². The first-order valence-electron chi connectivity index (χ1n) is 8.29. The summed E-state index contributed by atoms with van der Waals surface area (Å²) in [4.78, 5) is 29.5. The predicted molar refractivity (Wildman–Crippen MR) is 99.7 cm³/mol. The molecule has 0 saturated carbocycles. The molecule has 0 spiro atoms. The van der Waals surface area contributed by atoms with Crippen LogP contribution in [0.2, 0.25) is 0 Å². The lowest BCUT2D eigenvalue weighted by Gasteiger charge is -2.17. The number of benzene rings is 2. The van der Waals surface area contributed by atoms with E-state index in [0.29, 0.717) is 5.56 Å². The Kier molecular flexibility index (Phi) is 4.84. The molecule has 0 aliphatic rings. The van der Waals surface area contributed by atoms with Crippen LogP contribution in [0.5, 0.6) is 0 Å². The molecule has 1 aromatic heterocycles. The second-order valence-electron chi connectivity index (χ2n) is 5.97. The Morgan fingerprint density at radius 1 is 1.08 bits per heavy atom. The summed E-state index contributed by atoms with van der Waals surface area (Å²) >= 11 is 0. The van der Waals surface area contributed by atoms with Crippen LogP contribution < -0.4 is 5.32 Å². The summed E-state index contributed by atoms with van der Waals surface area (Å²) < 4.78 is 0. The van der Waals surface area contributed by atoms with Crippen molar-refractivity contribution >= 4 is 28.4 Å². The number of aromatic amines is 1. The van der Waals surface area contributed by atoms with Crippen LogP contribution in [0.3, 0.4) is 0 Å². The molecule has 5 heteroatoms. The zero-order valence-corrected chi connectivity index (χ0v) is 14.4. The molecule has 25 heavy (non-hydrogen) atoms. The number of carbonyl (C=O) groups excluding carboxylic acids is 2. The summed E-state index contributed by atoms with van der Waals surface area (Å²) in [6.07, 6.45) is 2.52. The number of aromatic nitrogens is 1. The van der Waals surface area contributed by atoms with E-state index in [-0.39, 0.29) is 18.4 Å². The maximum absolute atomic E-state index is 12.7. The number of amides is 2. The summed E-state index contributed by atoms with van der Waals surface area (Å²) in [6.45, 7) is 2.04. The van der Waals surface area contributed by atoms with Gasteiger partial charge in [-0.05, 0) is 24.1 Å². The van der Waals surface area contributed by atoms with Gasteiger partial charge in [0.2, 0.25) is 5.91 Å². The monoisotopic (exact) mass is 335 g/mol. The molecule has 128 valence electrons. The molecule has 0 unspecified atom stereocenters. The maximum atomic E-state index is 12.7. The predicted octanol–water partition coefficient (Wildman–Crippen LogP) is 3.44. The molecule has 5 nitrogen and oxygen atoms in total. The topological polar surface area (TPSA) is 65.2 Å². The van der Waals surface area contributed by atoms with Gasteiger partial charge < -0.3 is 15.2 Å². The molecular weight excluding hydrogens is 314 g/mol. The average Bonchev–Trinajstić information content (AvgIpc) is 3.05. The number of fused-ring (bicyclic) bond motifs is 1. The number of H-pyrrole nitrogens is 1. The lowest BCUT2D eigenvalue weighted by molar-refractivity contribution is -0.116. The largest absolute Gasteiger partial charge is 0.360 e. The third kappa shape index (κ3) is 3.55. The highest BCUT2D eigenvalue weighted by atomic mass is 16.2. The van der Waals surface area contributed by atoms with E-state index in [1.807, 2.05) is 55.5 Å². The van der Waals surface area contributed by atoms with E-state index in [1.54, 1.807) is 13.2 Å². The standard InChI is InChI=1S/C20H21N3O2/c1-3-14-8-4-6-10-17(14)22-19(24)13-23(2)20(25)16-12-21-18-11-7-5-9-15(16)18/h4-12,21H,3,13H2,1-2H3,(H,22,24). The van der Waals surface area contributed by atoms with Gasteiger partial charge in [-0.3, -0.25) is 9.59 Å². The van der Waals surface area contributed by atoms with E-state index < -0.39 is 0 Å². The Bertz CT molecular complexity index is 914. The number of nitrogens with zero attached hydrogens (tertiary/aromatic N) is 1. The summed E-state index contributed by atoms with van der Waals surface area (Å²) in [5, 5.41) is 3.75. The van der Waals surface area contributed by atoms with E-state index in [2.05, 4.69) is 10.3 Å². The molecule has 2 aromatic carbocycles. The molecule has 3 aromatic rings. The minimum absolute atomic E-state index is 0.00358. The van der Waals surface area contributed by atoms with Crippen molar-refractivity contribution in [3.8, 4) is 0 Å². The van der Waals surface area contributed by atoms with Crippen molar-refractivity contribution in [2.75, 3.05) is 18.9 Å². The molecule has 0 aliphatic heterocycles.